The fourth-order valence-electron chi connectivity index (χ4n) is 0. The minimum atomic E-state index is -4.67. The van der Waals surface area contributed by atoms with Crippen molar-refractivity contribution in [3.8, 4) is 0 Å². The van der Waals surface area contributed by atoms with Gasteiger partial charge in [-0.1, -0.05) is 0 Å². The van der Waals surface area contributed by atoms with Crippen molar-refractivity contribution in [2.24, 2.45) is 0 Å². The minimum Gasteiger partial charge on any atom is 0.316 e. The summed E-state index contributed by atoms with van der Waals surface area (Å²) in [4.78, 5) is 0. The quantitative estimate of drug-likeness (QED) is 0.318. The molecule has 0 spiro atoms. The van der Waals surface area contributed by atoms with Crippen LogP contribution in [0.4, 0.5) is 0 Å². The molecule has 0 aromatic heterocycles. The van der Waals surface area contributed by atoms with Crippen LogP contribution >= 0.6 is 0 Å². The molecular formula is H12AlKMgO6S. The fourth-order valence-corrected chi connectivity index (χ4v) is 0. The molecule has 6 N–H and O–H groups in total. The summed E-state index contributed by atoms with van der Waals surface area (Å²) in [7, 11) is -4.67. The number of rotatable bonds is 0. The Bertz CT molecular complexity index is 101. The molecule has 0 aliphatic carbocycles. The Hall–Kier alpha value is 2.73. The van der Waals surface area contributed by atoms with E-state index in [-0.39, 0.29) is 103 Å². The standard InChI is InChI=1S/Al.K.Mg.H2O4S.2H2O.6H/c;;;1-5(2,3)4;;;;;;;;/h;;;(H2,1,2,3,4);2*1H2;;;;;;. The predicted octanol–water partition coefficient (Wildman–Crippen LogP) is -5.05. The molecule has 0 aromatic carbocycles. The molecule has 6 nitrogen and oxygen atoms in total. The van der Waals surface area contributed by atoms with Gasteiger partial charge in [0.1, 0.15) is 0 Å². The van der Waals surface area contributed by atoms with Gasteiger partial charge in [0, 0.05) is 0 Å². The van der Waals surface area contributed by atoms with Crippen LogP contribution in [0.5, 0.6) is 0 Å². The van der Waals surface area contributed by atoms with Gasteiger partial charge in [-0.15, -0.1) is 0 Å². The van der Waals surface area contributed by atoms with Gasteiger partial charge in [-0.3, -0.25) is 9.11 Å². The van der Waals surface area contributed by atoms with E-state index in [1.807, 2.05) is 0 Å². The second kappa shape index (κ2) is 17.7. The van der Waals surface area contributed by atoms with Crippen LogP contribution in [-0.2, 0) is 10.4 Å². The summed E-state index contributed by atoms with van der Waals surface area (Å²) in [5, 5.41) is 0. The van der Waals surface area contributed by atoms with E-state index in [0.29, 0.717) is 0 Å². The summed E-state index contributed by atoms with van der Waals surface area (Å²) in [6.45, 7) is 0. The van der Waals surface area contributed by atoms with Crippen molar-refractivity contribution in [1.82, 2.24) is 0 Å². The Morgan fingerprint density at radius 3 is 1.00 bits per heavy atom. The molecule has 60 valence electrons. The number of hydrogen-bond donors (Lipinski definition) is 2. The molecule has 0 aromatic rings. The maximum absolute atomic E-state index is 8.74. The Labute approximate surface area is 128 Å². The van der Waals surface area contributed by atoms with Crippen LogP contribution in [-0.4, -0.2) is 120 Å². The van der Waals surface area contributed by atoms with E-state index >= 15 is 0 Å². The monoisotopic (exact) mass is 230 g/mol. The van der Waals surface area contributed by atoms with E-state index in [4.69, 9.17) is 17.5 Å². The Balaban J connectivity index is -0.00000000800. The van der Waals surface area contributed by atoms with Crippen LogP contribution in [0.15, 0.2) is 0 Å². The first-order chi connectivity index (χ1) is 2.00. The topological polar surface area (TPSA) is 138 Å². The van der Waals surface area contributed by atoms with Gasteiger partial charge in [0.25, 0.3) is 0 Å². The summed E-state index contributed by atoms with van der Waals surface area (Å²) < 4.78 is 31.6. The zero-order chi connectivity index (χ0) is 4.50. The molecule has 0 aliphatic rings. The van der Waals surface area contributed by atoms with Crippen LogP contribution in [0, 0.1) is 0 Å². The van der Waals surface area contributed by atoms with Gasteiger partial charge in [-0.05, 0) is 0 Å². The normalized spacial score (nSPS) is 5.80. The van der Waals surface area contributed by atoms with Crippen LogP contribution in [0.25, 0.3) is 0 Å². The Morgan fingerprint density at radius 1 is 1.00 bits per heavy atom. The van der Waals surface area contributed by atoms with Crippen molar-refractivity contribution in [2.75, 3.05) is 0 Å². The zero-order valence-electron chi connectivity index (χ0n) is 3.12. The zero-order valence-corrected chi connectivity index (χ0v) is 3.94. The summed E-state index contributed by atoms with van der Waals surface area (Å²) in [5.41, 5.74) is 0. The first-order valence-electron chi connectivity index (χ1n) is 0.698. The third-order valence-electron chi connectivity index (χ3n) is 0. The average Bonchev–Trinajstić information content (AvgIpc) is 0.722. The van der Waals surface area contributed by atoms with Gasteiger partial charge in [0.05, 0.1) is 0 Å². The van der Waals surface area contributed by atoms with Gasteiger partial charge >= 0.3 is 84.8 Å². The third-order valence-corrected chi connectivity index (χ3v) is 0. The van der Waals surface area contributed by atoms with Crippen molar-refractivity contribution < 1.29 is 28.5 Å². The second-order valence-electron chi connectivity index (χ2n) is 0.448. The summed E-state index contributed by atoms with van der Waals surface area (Å²) in [5.74, 6) is 0. The van der Waals surface area contributed by atoms with E-state index in [1.54, 1.807) is 0 Å². The second-order valence-corrected chi connectivity index (χ2v) is 1.34. The van der Waals surface area contributed by atoms with Crippen molar-refractivity contribution in [2.45, 2.75) is 0 Å². The summed E-state index contributed by atoms with van der Waals surface area (Å²) in [6.07, 6.45) is 0. The van der Waals surface area contributed by atoms with Crippen molar-refractivity contribution in [1.29, 1.82) is 0 Å². The number of hydrogen-bond acceptors (Lipinski definition) is 2. The molecule has 10 heteroatoms. The maximum Gasteiger partial charge on any atom is 0.316 e. The van der Waals surface area contributed by atoms with Crippen molar-refractivity contribution >= 4 is 102 Å². The van der Waals surface area contributed by atoms with Gasteiger partial charge < -0.3 is 11.0 Å². The largest absolute Gasteiger partial charge is 0.316 e. The van der Waals surface area contributed by atoms with E-state index in [0.717, 1.165) is 0 Å². The summed E-state index contributed by atoms with van der Waals surface area (Å²) >= 11 is 0. The van der Waals surface area contributed by atoms with E-state index < -0.39 is 10.4 Å². The van der Waals surface area contributed by atoms with E-state index in [2.05, 4.69) is 0 Å². The predicted molar refractivity (Wildman–Crippen MR) is 47.0 cm³/mol. The molecule has 0 heterocycles. The smallest absolute Gasteiger partial charge is 0.316 e. The van der Waals surface area contributed by atoms with Crippen LogP contribution in [0.3, 0.4) is 0 Å². The average molecular weight is 231 g/mol. The Kier molecular flexibility index (Phi) is 68.5. The van der Waals surface area contributed by atoms with Gasteiger partial charge in [-0.25, -0.2) is 0 Å². The SMILES string of the molecule is O.O.O=S(=O)(O)O.[AlH3].[KH].[MgH2]. The first-order valence-corrected chi connectivity index (χ1v) is 2.10. The molecular weight excluding hydrogens is 218 g/mol. The summed E-state index contributed by atoms with van der Waals surface area (Å²) in [6, 6.07) is 0. The van der Waals surface area contributed by atoms with E-state index in [9.17, 15) is 0 Å². The molecule has 0 aliphatic heterocycles. The maximum atomic E-state index is 8.74. The molecule has 0 fully saturated rings. The molecule has 0 atom stereocenters. The van der Waals surface area contributed by atoms with Gasteiger partial charge in [-0.2, -0.15) is 8.42 Å². The van der Waals surface area contributed by atoms with Crippen molar-refractivity contribution in [3.63, 3.8) is 0 Å². The van der Waals surface area contributed by atoms with E-state index in [1.165, 1.54) is 0 Å². The minimum absolute atomic E-state index is 0. The molecule has 0 saturated carbocycles. The molecule has 0 radical (unpaired) electrons. The molecule has 10 heavy (non-hydrogen) atoms. The van der Waals surface area contributed by atoms with Gasteiger partial charge in [0.2, 0.25) is 0 Å². The Morgan fingerprint density at radius 2 is 1.00 bits per heavy atom. The van der Waals surface area contributed by atoms with Gasteiger partial charge in [0.15, 0.2) is 17.4 Å². The van der Waals surface area contributed by atoms with Crippen LogP contribution in [0.1, 0.15) is 0 Å². The first kappa shape index (κ1) is 38.7. The molecule has 0 bridgehead atoms. The van der Waals surface area contributed by atoms with Crippen molar-refractivity contribution in [3.05, 3.63) is 0 Å². The molecule has 0 rings (SSSR count). The van der Waals surface area contributed by atoms with Crippen LogP contribution < -0.4 is 0 Å². The third kappa shape index (κ3) is 137. The molecule has 0 saturated heterocycles. The molecule has 0 unspecified atom stereocenters. The fraction of sp³-hybridized carbons (Fsp3) is 0. The van der Waals surface area contributed by atoms with Crippen LogP contribution in [0.2, 0.25) is 0 Å². The molecule has 0 amide bonds.